The Morgan fingerprint density at radius 1 is 1.09 bits per heavy atom. The molecule has 0 aromatic heterocycles. The summed E-state index contributed by atoms with van der Waals surface area (Å²) in [5, 5.41) is 15.1. The maximum Gasteiger partial charge on any atom is 0.250 e. The van der Waals surface area contributed by atoms with Crippen LogP contribution < -0.4 is 0 Å². The predicted molar refractivity (Wildman–Crippen MR) is 117 cm³/mol. The molecule has 1 amide bonds. The number of halogens is 2. The molecule has 1 unspecified atom stereocenters. The monoisotopic (exact) mass is 430 g/mol. The maximum atomic E-state index is 14.6. The van der Waals surface area contributed by atoms with Gasteiger partial charge in [-0.2, -0.15) is 10.4 Å². The normalized spacial score (nSPS) is 20.9. The first-order valence-electron chi connectivity index (χ1n) is 10.6. The molecule has 0 spiro atoms. The van der Waals surface area contributed by atoms with Gasteiger partial charge in [-0.15, -0.1) is 0 Å². The molecule has 2 aromatic carbocycles. The lowest BCUT2D eigenvalue weighted by Crippen LogP contribution is -2.42. The highest BCUT2D eigenvalue weighted by Gasteiger charge is 2.35. The third-order valence-corrected chi connectivity index (χ3v) is 6.03. The Kier molecular flexibility index (Phi) is 5.14. The van der Waals surface area contributed by atoms with E-state index >= 15 is 0 Å². The molecule has 3 aliphatic rings. The van der Waals surface area contributed by atoms with Gasteiger partial charge in [-0.3, -0.25) is 9.79 Å². The van der Waals surface area contributed by atoms with E-state index in [1.54, 1.807) is 24.3 Å². The lowest BCUT2D eigenvalue weighted by Gasteiger charge is -2.32. The Bertz CT molecular complexity index is 1220. The molecular formula is C25H20F2N4O. The molecule has 5 rings (SSSR count). The number of benzene rings is 2. The fraction of sp³-hybridized carbons (Fsp3) is 0.280. The summed E-state index contributed by atoms with van der Waals surface area (Å²) in [5.41, 5.74) is 3.81. The van der Waals surface area contributed by atoms with Crippen molar-refractivity contribution in [1.29, 1.82) is 5.26 Å². The van der Waals surface area contributed by atoms with Crippen LogP contribution >= 0.6 is 0 Å². The van der Waals surface area contributed by atoms with Gasteiger partial charge in [0.1, 0.15) is 17.8 Å². The minimum absolute atomic E-state index is 0.105. The van der Waals surface area contributed by atoms with E-state index in [-0.39, 0.29) is 18.7 Å². The Morgan fingerprint density at radius 2 is 1.88 bits per heavy atom. The highest BCUT2D eigenvalue weighted by Crippen LogP contribution is 2.36. The van der Waals surface area contributed by atoms with E-state index in [4.69, 9.17) is 10.3 Å². The first kappa shape index (κ1) is 20.3. The molecule has 5 nitrogen and oxygen atoms in total. The molecule has 0 radical (unpaired) electrons. The second kappa shape index (κ2) is 8.12. The number of amides is 1. The summed E-state index contributed by atoms with van der Waals surface area (Å²) in [6.07, 6.45) is 4.27. The van der Waals surface area contributed by atoms with Crippen molar-refractivity contribution >= 4 is 22.9 Å². The summed E-state index contributed by atoms with van der Waals surface area (Å²) in [4.78, 5) is 17.9. The van der Waals surface area contributed by atoms with E-state index in [1.165, 1.54) is 17.1 Å². The van der Waals surface area contributed by atoms with E-state index < -0.39 is 17.8 Å². The molecule has 1 saturated carbocycles. The van der Waals surface area contributed by atoms with Gasteiger partial charge in [-0.1, -0.05) is 18.2 Å². The van der Waals surface area contributed by atoms with Crippen molar-refractivity contribution in [2.75, 3.05) is 0 Å². The average Bonchev–Trinajstić information content (AvgIpc) is 3.60. The lowest BCUT2D eigenvalue weighted by molar-refractivity contribution is -0.132. The fourth-order valence-electron chi connectivity index (χ4n) is 4.16. The Balaban J connectivity index is 1.55. The SMILES string of the molecule is N#Cc1ccc(C2=NC3CC(c4ccc(F)cc4F)=CCC(C4CC4)=NN3C(=O)C2)cc1. The third kappa shape index (κ3) is 3.96. The Morgan fingerprint density at radius 3 is 2.56 bits per heavy atom. The summed E-state index contributed by atoms with van der Waals surface area (Å²) in [7, 11) is 0. The second-order valence-electron chi connectivity index (χ2n) is 8.29. The van der Waals surface area contributed by atoms with E-state index in [0.29, 0.717) is 34.8 Å². The van der Waals surface area contributed by atoms with Crippen molar-refractivity contribution in [3.05, 3.63) is 76.9 Å². The van der Waals surface area contributed by atoms with Crippen molar-refractivity contribution in [2.45, 2.75) is 38.3 Å². The molecule has 1 aliphatic carbocycles. The largest absolute Gasteiger partial charge is 0.272 e. The van der Waals surface area contributed by atoms with Crippen LogP contribution in [0.3, 0.4) is 0 Å². The van der Waals surface area contributed by atoms with E-state index in [2.05, 4.69) is 11.2 Å². The molecule has 2 aliphatic heterocycles. The van der Waals surface area contributed by atoms with E-state index in [1.807, 2.05) is 6.08 Å². The number of nitrogens with zero attached hydrogens (tertiary/aromatic N) is 4. The number of hydrogen-bond acceptors (Lipinski definition) is 4. The van der Waals surface area contributed by atoms with E-state index in [9.17, 15) is 13.6 Å². The minimum atomic E-state index is -0.633. The highest BCUT2D eigenvalue weighted by molar-refractivity contribution is 6.12. The van der Waals surface area contributed by atoms with Crippen molar-refractivity contribution in [3.63, 3.8) is 0 Å². The molecule has 2 aromatic rings. The first-order valence-corrected chi connectivity index (χ1v) is 10.6. The number of aliphatic imine (C=N–C) groups is 1. The van der Waals surface area contributed by atoms with Gasteiger partial charge in [0, 0.05) is 30.2 Å². The smallest absolute Gasteiger partial charge is 0.250 e. The first-order chi connectivity index (χ1) is 15.5. The third-order valence-electron chi connectivity index (χ3n) is 6.03. The molecule has 1 fully saturated rings. The molecule has 160 valence electrons. The summed E-state index contributed by atoms with van der Waals surface area (Å²) in [6.45, 7) is 0. The van der Waals surface area contributed by atoms with Crippen LogP contribution in [-0.4, -0.2) is 28.5 Å². The number of hydrazone groups is 1. The number of allylic oxidation sites excluding steroid dienone is 1. The summed E-state index contributed by atoms with van der Waals surface area (Å²) < 4.78 is 28.1. The van der Waals surface area contributed by atoms with Gasteiger partial charge < -0.3 is 0 Å². The molecule has 0 N–H and O–H groups in total. The quantitative estimate of drug-likeness (QED) is 0.700. The second-order valence-corrected chi connectivity index (χ2v) is 8.29. The van der Waals surface area contributed by atoms with Crippen molar-refractivity contribution in [2.24, 2.45) is 16.0 Å². The van der Waals surface area contributed by atoms with Gasteiger partial charge in [0.2, 0.25) is 0 Å². The number of carbonyl (C=O) groups excluding carboxylic acids is 1. The molecule has 32 heavy (non-hydrogen) atoms. The lowest BCUT2D eigenvalue weighted by atomic mass is 9.95. The van der Waals surface area contributed by atoms with Crippen LogP contribution in [0, 0.1) is 28.9 Å². The molecular weight excluding hydrogens is 410 g/mol. The van der Waals surface area contributed by atoms with Gasteiger partial charge in [-0.25, -0.2) is 13.8 Å². The highest BCUT2D eigenvalue weighted by atomic mass is 19.1. The van der Waals surface area contributed by atoms with Crippen LogP contribution in [0.25, 0.3) is 5.57 Å². The predicted octanol–water partition coefficient (Wildman–Crippen LogP) is 4.83. The van der Waals surface area contributed by atoms with Crippen LogP contribution in [0.5, 0.6) is 0 Å². The van der Waals surface area contributed by atoms with E-state index in [0.717, 1.165) is 30.2 Å². The summed E-state index contributed by atoms with van der Waals surface area (Å²) in [5.74, 6) is -1.09. The zero-order chi connectivity index (χ0) is 22.2. The number of fused-ring (bicyclic) bond motifs is 1. The van der Waals surface area contributed by atoms with Gasteiger partial charge >= 0.3 is 0 Å². The topological polar surface area (TPSA) is 68.8 Å². The molecule has 7 heteroatoms. The summed E-state index contributed by atoms with van der Waals surface area (Å²) in [6, 6.07) is 12.6. The number of hydrogen-bond donors (Lipinski definition) is 0. The minimum Gasteiger partial charge on any atom is -0.272 e. The Labute approximate surface area is 184 Å². The fourth-order valence-corrected chi connectivity index (χ4v) is 4.16. The van der Waals surface area contributed by atoms with Gasteiger partial charge in [0.25, 0.3) is 5.91 Å². The zero-order valence-corrected chi connectivity index (χ0v) is 17.3. The van der Waals surface area contributed by atoms with Crippen LogP contribution in [0.2, 0.25) is 0 Å². The zero-order valence-electron chi connectivity index (χ0n) is 17.3. The van der Waals surface area contributed by atoms with Gasteiger partial charge in [0.05, 0.1) is 23.8 Å². The van der Waals surface area contributed by atoms with Crippen molar-refractivity contribution in [3.8, 4) is 6.07 Å². The van der Waals surface area contributed by atoms with Crippen LogP contribution in [0.15, 0.2) is 58.6 Å². The van der Waals surface area contributed by atoms with Crippen LogP contribution in [0.4, 0.5) is 8.78 Å². The standard InChI is InChI=1S/C25H20F2N4O/c26-19-8-9-20(21(27)12-19)18-7-10-22(16-5-6-16)30-31-24(11-18)29-23(13-25(31)32)17-3-1-15(14-28)2-4-17/h1-4,7-9,12,16,24H,5-6,10-11,13H2. The number of rotatable bonds is 3. The van der Waals surface area contributed by atoms with Gasteiger partial charge in [-0.05, 0) is 54.2 Å². The summed E-state index contributed by atoms with van der Waals surface area (Å²) >= 11 is 0. The molecule has 1 atom stereocenters. The van der Waals surface area contributed by atoms with Crippen molar-refractivity contribution < 1.29 is 13.6 Å². The number of nitriles is 1. The van der Waals surface area contributed by atoms with Crippen LogP contribution in [-0.2, 0) is 4.79 Å². The molecule has 0 saturated heterocycles. The molecule has 0 bridgehead atoms. The maximum absolute atomic E-state index is 14.6. The molecule has 2 heterocycles. The van der Waals surface area contributed by atoms with Gasteiger partial charge in [0.15, 0.2) is 0 Å². The number of carbonyl (C=O) groups is 1. The van der Waals surface area contributed by atoms with Crippen LogP contribution in [0.1, 0.15) is 48.8 Å². The Hall–Kier alpha value is -3.66. The average molecular weight is 430 g/mol. The van der Waals surface area contributed by atoms with Crippen molar-refractivity contribution in [1.82, 2.24) is 5.01 Å².